The van der Waals surface area contributed by atoms with Gasteiger partial charge in [-0.25, -0.2) is 0 Å². The van der Waals surface area contributed by atoms with Gasteiger partial charge >= 0.3 is 0 Å². The zero-order chi connectivity index (χ0) is 13.9. The van der Waals surface area contributed by atoms with Crippen molar-refractivity contribution in [2.24, 2.45) is 5.41 Å². The number of hydrogen-bond donors (Lipinski definition) is 1. The minimum absolute atomic E-state index is 0.488. The maximum atomic E-state index is 5.42. The van der Waals surface area contributed by atoms with Crippen molar-refractivity contribution in [3.05, 3.63) is 23.8 Å². The van der Waals surface area contributed by atoms with Crippen molar-refractivity contribution in [1.82, 2.24) is 5.32 Å². The number of ether oxygens (including phenoxy) is 2. The van der Waals surface area contributed by atoms with Crippen molar-refractivity contribution in [1.29, 1.82) is 0 Å². The molecule has 0 aliphatic heterocycles. The van der Waals surface area contributed by atoms with Crippen LogP contribution in [0.5, 0.6) is 11.5 Å². The normalized spacial score (nSPS) is 21.4. The van der Waals surface area contributed by atoms with Gasteiger partial charge in [-0.3, -0.25) is 0 Å². The summed E-state index contributed by atoms with van der Waals surface area (Å²) >= 11 is 0. The Morgan fingerprint density at radius 2 is 2.05 bits per heavy atom. The number of hydrogen-bond acceptors (Lipinski definition) is 3. The van der Waals surface area contributed by atoms with Crippen LogP contribution in [0.2, 0.25) is 0 Å². The van der Waals surface area contributed by atoms with Gasteiger partial charge in [0.15, 0.2) is 0 Å². The summed E-state index contributed by atoms with van der Waals surface area (Å²) < 4.78 is 10.6. The van der Waals surface area contributed by atoms with E-state index in [1.165, 1.54) is 24.8 Å². The maximum absolute atomic E-state index is 5.42. The highest BCUT2D eigenvalue weighted by Crippen LogP contribution is 2.37. The molecule has 0 amide bonds. The molecule has 1 aromatic carbocycles. The lowest BCUT2D eigenvalue weighted by atomic mass is 9.92. The van der Waals surface area contributed by atoms with E-state index in [2.05, 4.69) is 25.2 Å². The van der Waals surface area contributed by atoms with Gasteiger partial charge in [-0.1, -0.05) is 19.9 Å². The Morgan fingerprint density at radius 1 is 1.26 bits per heavy atom. The van der Waals surface area contributed by atoms with Gasteiger partial charge in [0.1, 0.15) is 11.5 Å². The van der Waals surface area contributed by atoms with E-state index in [0.29, 0.717) is 11.5 Å². The average Bonchev–Trinajstić information content (AvgIpc) is 2.75. The first-order valence-corrected chi connectivity index (χ1v) is 6.98. The molecule has 0 bridgehead atoms. The third-order valence-corrected chi connectivity index (χ3v) is 4.04. The summed E-state index contributed by atoms with van der Waals surface area (Å²) in [6.45, 7) is 5.55. The van der Waals surface area contributed by atoms with Crippen molar-refractivity contribution in [2.75, 3.05) is 14.2 Å². The Morgan fingerprint density at radius 3 is 2.63 bits per heavy atom. The second kappa shape index (κ2) is 5.83. The van der Waals surface area contributed by atoms with Crippen molar-refractivity contribution < 1.29 is 9.47 Å². The Labute approximate surface area is 116 Å². The van der Waals surface area contributed by atoms with E-state index in [0.717, 1.165) is 18.0 Å². The van der Waals surface area contributed by atoms with Gasteiger partial charge in [0, 0.05) is 24.2 Å². The molecule has 106 valence electrons. The summed E-state index contributed by atoms with van der Waals surface area (Å²) in [5, 5.41) is 3.64. The maximum Gasteiger partial charge on any atom is 0.127 e. The van der Waals surface area contributed by atoms with E-state index in [-0.39, 0.29) is 0 Å². The van der Waals surface area contributed by atoms with Gasteiger partial charge in [-0.05, 0) is 30.7 Å². The van der Waals surface area contributed by atoms with Crippen LogP contribution in [0.1, 0.15) is 38.7 Å². The fourth-order valence-electron chi connectivity index (χ4n) is 2.86. The predicted molar refractivity (Wildman–Crippen MR) is 77.8 cm³/mol. The molecule has 1 aliphatic carbocycles. The van der Waals surface area contributed by atoms with Crippen LogP contribution in [-0.2, 0) is 6.54 Å². The Kier molecular flexibility index (Phi) is 4.35. The Balaban J connectivity index is 1.96. The topological polar surface area (TPSA) is 30.5 Å². The number of benzene rings is 1. The molecule has 0 aromatic heterocycles. The molecule has 19 heavy (non-hydrogen) atoms. The summed E-state index contributed by atoms with van der Waals surface area (Å²) in [6, 6.07) is 6.63. The van der Waals surface area contributed by atoms with Gasteiger partial charge < -0.3 is 14.8 Å². The molecular weight excluding hydrogens is 238 g/mol. The SMILES string of the molecule is COc1ccc(CNC2CCC(C)(C)C2)c(OC)c1. The summed E-state index contributed by atoms with van der Waals surface area (Å²) in [6.07, 6.45) is 3.83. The van der Waals surface area contributed by atoms with Crippen molar-refractivity contribution in [2.45, 2.75) is 45.7 Å². The molecule has 1 atom stereocenters. The third kappa shape index (κ3) is 3.63. The Hall–Kier alpha value is -1.22. The van der Waals surface area contributed by atoms with Crippen LogP contribution in [0, 0.1) is 5.41 Å². The van der Waals surface area contributed by atoms with Gasteiger partial charge in [-0.15, -0.1) is 0 Å². The zero-order valence-electron chi connectivity index (χ0n) is 12.5. The number of methoxy groups -OCH3 is 2. The fourth-order valence-corrected chi connectivity index (χ4v) is 2.86. The molecule has 0 heterocycles. The number of rotatable bonds is 5. The van der Waals surface area contributed by atoms with Gasteiger partial charge in [0.05, 0.1) is 14.2 Å². The molecule has 0 spiro atoms. The summed E-state index contributed by atoms with van der Waals surface area (Å²) in [4.78, 5) is 0. The molecule has 1 aromatic rings. The average molecular weight is 263 g/mol. The van der Waals surface area contributed by atoms with Crippen molar-refractivity contribution in [3.8, 4) is 11.5 Å². The monoisotopic (exact) mass is 263 g/mol. The van der Waals surface area contributed by atoms with Crippen LogP contribution in [0.4, 0.5) is 0 Å². The van der Waals surface area contributed by atoms with Gasteiger partial charge in [0.25, 0.3) is 0 Å². The van der Waals surface area contributed by atoms with Crippen molar-refractivity contribution >= 4 is 0 Å². The van der Waals surface area contributed by atoms with Crippen LogP contribution in [0.25, 0.3) is 0 Å². The lowest BCUT2D eigenvalue weighted by molar-refractivity contribution is 0.362. The third-order valence-electron chi connectivity index (χ3n) is 4.04. The molecule has 1 saturated carbocycles. The number of nitrogens with one attached hydrogen (secondary N) is 1. The highest BCUT2D eigenvalue weighted by Gasteiger charge is 2.30. The van der Waals surface area contributed by atoms with Crippen LogP contribution < -0.4 is 14.8 Å². The van der Waals surface area contributed by atoms with E-state index < -0.39 is 0 Å². The quantitative estimate of drug-likeness (QED) is 0.883. The fraction of sp³-hybridized carbons (Fsp3) is 0.625. The predicted octanol–water partition coefficient (Wildman–Crippen LogP) is 3.37. The standard InChI is InChI=1S/C16H25NO2/c1-16(2)8-7-13(10-16)17-11-12-5-6-14(18-3)9-15(12)19-4/h5-6,9,13,17H,7-8,10-11H2,1-4H3. The van der Waals surface area contributed by atoms with E-state index in [1.54, 1.807) is 14.2 Å². The van der Waals surface area contributed by atoms with E-state index in [4.69, 9.17) is 9.47 Å². The molecule has 3 heteroatoms. The second-order valence-corrected chi connectivity index (χ2v) is 6.16. The molecule has 1 N–H and O–H groups in total. The summed E-state index contributed by atoms with van der Waals surface area (Å²) in [5.74, 6) is 1.73. The Bertz CT molecular complexity index is 429. The second-order valence-electron chi connectivity index (χ2n) is 6.16. The first kappa shape index (κ1) is 14.2. The molecule has 1 unspecified atom stereocenters. The van der Waals surface area contributed by atoms with Crippen LogP contribution in [0.15, 0.2) is 18.2 Å². The highest BCUT2D eigenvalue weighted by molar-refractivity contribution is 5.40. The molecule has 0 saturated heterocycles. The lowest BCUT2D eigenvalue weighted by Crippen LogP contribution is -2.27. The van der Waals surface area contributed by atoms with E-state index >= 15 is 0 Å². The minimum atomic E-state index is 0.488. The molecule has 1 fully saturated rings. The highest BCUT2D eigenvalue weighted by atomic mass is 16.5. The van der Waals surface area contributed by atoms with Crippen molar-refractivity contribution in [3.63, 3.8) is 0 Å². The minimum Gasteiger partial charge on any atom is -0.497 e. The smallest absolute Gasteiger partial charge is 0.127 e. The summed E-state index contributed by atoms with van der Waals surface area (Å²) in [7, 11) is 3.38. The largest absolute Gasteiger partial charge is 0.497 e. The summed E-state index contributed by atoms with van der Waals surface area (Å²) in [5.41, 5.74) is 1.68. The molecule has 1 aliphatic rings. The molecule has 2 rings (SSSR count). The van der Waals surface area contributed by atoms with Crippen LogP contribution >= 0.6 is 0 Å². The van der Waals surface area contributed by atoms with Crippen LogP contribution in [-0.4, -0.2) is 20.3 Å². The first-order chi connectivity index (χ1) is 9.04. The van der Waals surface area contributed by atoms with Gasteiger partial charge in [0.2, 0.25) is 0 Å². The molecule has 0 radical (unpaired) electrons. The molecule has 3 nitrogen and oxygen atoms in total. The van der Waals surface area contributed by atoms with E-state index in [9.17, 15) is 0 Å². The molecular formula is C16H25NO2. The van der Waals surface area contributed by atoms with Gasteiger partial charge in [-0.2, -0.15) is 0 Å². The first-order valence-electron chi connectivity index (χ1n) is 6.98. The zero-order valence-corrected chi connectivity index (χ0v) is 12.5. The lowest BCUT2D eigenvalue weighted by Gasteiger charge is -2.18. The van der Waals surface area contributed by atoms with Crippen LogP contribution in [0.3, 0.4) is 0 Å². The van der Waals surface area contributed by atoms with E-state index in [1.807, 2.05) is 12.1 Å².